The lowest BCUT2D eigenvalue weighted by molar-refractivity contribution is -0.119. The lowest BCUT2D eigenvalue weighted by atomic mass is 10.2. The zero-order valence-corrected chi connectivity index (χ0v) is 17.0. The first-order valence-corrected chi connectivity index (χ1v) is 10.7. The molecule has 7 heteroatoms. The van der Waals surface area contributed by atoms with E-state index in [4.69, 9.17) is 0 Å². The molecule has 2 aliphatic rings. The SMILES string of the molecule is CN1CCN(c2ccc(NC(=O)C3CCCN3C(=O)c3cccs3)cc2)CC1. The van der Waals surface area contributed by atoms with Gasteiger partial charge in [0, 0.05) is 44.1 Å². The van der Waals surface area contributed by atoms with Gasteiger partial charge in [-0.3, -0.25) is 9.59 Å². The second-order valence-corrected chi connectivity index (χ2v) is 8.41. The van der Waals surface area contributed by atoms with Crippen LogP contribution in [0.3, 0.4) is 0 Å². The molecule has 0 bridgehead atoms. The predicted octanol–water partition coefficient (Wildman–Crippen LogP) is 2.74. The average molecular weight is 399 g/mol. The lowest BCUT2D eigenvalue weighted by Gasteiger charge is -2.34. The highest BCUT2D eigenvalue weighted by Gasteiger charge is 2.34. The number of likely N-dealkylation sites (tertiary alicyclic amines) is 1. The molecular formula is C21H26N4O2S. The second kappa shape index (κ2) is 8.32. The number of hydrogen-bond acceptors (Lipinski definition) is 5. The molecule has 0 aliphatic carbocycles. The summed E-state index contributed by atoms with van der Waals surface area (Å²) < 4.78 is 0. The monoisotopic (exact) mass is 398 g/mol. The summed E-state index contributed by atoms with van der Waals surface area (Å²) in [5.41, 5.74) is 1.96. The summed E-state index contributed by atoms with van der Waals surface area (Å²) in [6.45, 7) is 4.80. The van der Waals surface area contributed by atoms with Crippen molar-refractivity contribution in [1.82, 2.24) is 9.80 Å². The number of nitrogens with zero attached hydrogens (tertiary/aromatic N) is 3. The van der Waals surface area contributed by atoms with Crippen molar-refractivity contribution in [3.05, 3.63) is 46.7 Å². The summed E-state index contributed by atoms with van der Waals surface area (Å²) >= 11 is 1.42. The van der Waals surface area contributed by atoms with E-state index >= 15 is 0 Å². The molecule has 0 radical (unpaired) electrons. The molecule has 0 spiro atoms. The number of carbonyl (C=O) groups is 2. The summed E-state index contributed by atoms with van der Waals surface area (Å²) in [4.78, 5) is 32.6. The molecule has 1 aromatic heterocycles. The van der Waals surface area contributed by atoms with Gasteiger partial charge in [0.25, 0.3) is 5.91 Å². The molecule has 1 atom stereocenters. The van der Waals surface area contributed by atoms with Crippen LogP contribution in [-0.4, -0.2) is 67.4 Å². The number of anilines is 2. The van der Waals surface area contributed by atoms with Crippen LogP contribution < -0.4 is 10.2 Å². The van der Waals surface area contributed by atoms with Gasteiger partial charge >= 0.3 is 0 Å². The van der Waals surface area contributed by atoms with Crippen molar-refractivity contribution >= 4 is 34.5 Å². The maximum Gasteiger partial charge on any atom is 0.264 e. The first-order chi connectivity index (χ1) is 13.6. The Balaban J connectivity index is 1.38. The molecule has 0 saturated carbocycles. The Morgan fingerprint density at radius 1 is 1.04 bits per heavy atom. The number of thiophene rings is 1. The highest BCUT2D eigenvalue weighted by Crippen LogP contribution is 2.24. The Bertz CT molecular complexity index is 813. The first kappa shape index (κ1) is 19.0. The van der Waals surface area contributed by atoms with Crippen LogP contribution in [-0.2, 0) is 4.79 Å². The van der Waals surface area contributed by atoms with E-state index in [9.17, 15) is 9.59 Å². The van der Waals surface area contributed by atoms with Crippen LogP contribution in [0, 0.1) is 0 Å². The average Bonchev–Trinajstić information content (AvgIpc) is 3.41. The number of benzene rings is 1. The van der Waals surface area contributed by atoms with Crippen molar-refractivity contribution in [2.24, 2.45) is 0 Å². The van der Waals surface area contributed by atoms with Gasteiger partial charge in [0.2, 0.25) is 5.91 Å². The third-order valence-electron chi connectivity index (χ3n) is 5.55. The molecule has 2 saturated heterocycles. The summed E-state index contributed by atoms with van der Waals surface area (Å²) in [5.74, 6) is -0.146. The van der Waals surface area contributed by atoms with Gasteiger partial charge in [0.1, 0.15) is 6.04 Å². The van der Waals surface area contributed by atoms with Crippen LogP contribution in [0.15, 0.2) is 41.8 Å². The molecule has 6 nitrogen and oxygen atoms in total. The number of amides is 2. The van der Waals surface area contributed by atoms with Crippen molar-refractivity contribution in [3.8, 4) is 0 Å². The quantitative estimate of drug-likeness (QED) is 0.861. The molecule has 2 amide bonds. The van der Waals surface area contributed by atoms with Crippen molar-refractivity contribution < 1.29 is 9.59 Å². The number of nitrogens with one attached hydrogen (secondary N) is 1. The highest BCUT2D eigenvalue weighted by molar-refractivity contribution is 7.12. The van der Waals surface area contributed by atoms with E-state index in [-0.39, 0.29) is 11.8 Å². The summed E-state index contributed by atoms with van der Waals surface area (Å²) in [5, 5.41) is 4.88. The minimum atomic E-state index is -0.396. The third kappa shape index (κ3) is 4.05. The molecule has 4 rings (SSSR count). The van der Waals surface area contributed by atoms with Gasteiger partial charge in [-0.15, -0.1) is 11.3 Å². The van der Waals surface area contributed by atoms with E-state index in [1.54, 1.807) is 4.90 Å². The van der Waals surface area contributed by atoms with E-state index in [2.05, 4.69) is 34.3 Å². The molecule has 148 valence electrons. The van der Waals surface area contributed by atoms with Crippen LogP contribution in [0.25, 0.3) is 0 Å². The van der Waals surface area contributed by atoms with E-state index in [1.165, 1.54) is 17.0 Å². The standard InChI is InChI=1S/C21H26N4O2S/c1-23-11-13-24(14-12-23)17-8-6-16(7-9-17)22-20(26)18-4-2-10-25(18)21(27)19-5-3-15-28-19/h3,5-9,15,18H,2,4,10-14H2,1H3,(H,22,26). The van der Waals surface area contributed by atoms with Gasteiger partial charge in [-0.1, -0.05) is 6.07 Å². The minimum Gasteiger partial charge on any atom is -0.369 e. The van der Waals surface area contributed by atoms with E-state index < -0.39 is 6.04 Å². The number of piperazine rings is 1. The van der Waals surface area contributed by atoms with Crippen LogP contribution in [0.1, 0.15) is 22.5 Å². The Kier molecular flexibility index (Phi) is 5.64. The Morgan fingerprint density at radius 2 is 1.79 bits per heavy atom. The van der Waals surface area contributed by atoms with Gasteiger partial charge in [-0.05, 0) is 55.6 Å². The van der Waals surface area contributed by atoms with Gasteiger partial charge in [0.05, 0.1) is 4.88 Å². The zero-order valence-electron chi connectivity index (χ0n) is 16.1. The largest absolute Gasteiger partial charge is 0.369 e. The number of carbonyl (C=O) groups excluding carboxylic acids is 2. The maximum atomic E-state index is 12.8. The van der Waals surface area contributed by atoms with Crippen LogP contribution in [0.5, 0.6) is 0 Å². The smallest absolute Gasteiger partial charge is 0.264 e. The van der Waals surface area contributed by atoms with Crippen molar-refractivity contribution in [2.75, 3.05) is 50.0 Å². The third-order valence-corrected chi connectivity index (χ3v) is 6.41. The van der Waals surface area contributed by atoms with Crippen LogP contribution >= 0.6 is 11.3 Å². The Hall–Kier alpha value is -2.38. The molecule has 2 aromatic rings. The lowest BCUT2D eigenvalue weighted by Crippen LogP contribution is -2.44. The molecular weight excluding hydrogens is 372 g/mol. The normalized spacial score (nSPS) is 20.4. The topological polar surface area (TPSA) is 55.9 Å². The first-order valence-electron chi connectivity index (χ1n) is 9.81. The number of rotatable bonds is 4. The van der Waals surface area contributed by atoms with Gasteiger partial charge in [0.15, 0.2) is 0 Å². The summed E-state index contributed by atoms with van der Waals surface area (Å²) in [6, 6.07) is 11.3. The molecule has 1 N–H and O–H groups in total. The van der Waals surface area contributed by atoms with Crippen molar-refractivity contribution in [2.45, 2.75) is 18.9 Å². The number of hydrogen-bond donors (Lipinski definition) is 1. The molecule has 2 fully saturated rings. The summed E-state index contributed by atoms with van der Waals surface area (Å²) in [7, 11) is 2.14. The van der Waals surface area contributed by atoms with Crippen LogP contribution in [0.4, 0.5) is 11.4 Å². The fourth-order valence-electron chi connectivity index (χ4n) is 3.87. The van der Waals surface area contributed by atoms with Gasteiger partial charge < -0.3 is 20.0 Å². The van der Waals surface area contributed by atoms with E-state index in [1.807, 2.05) is 29.6 Å². The molecule has 1 aromatic carbocycles. The Labute approximate surface area is 169 Å². The predicted molar refractivity (Wildman–Crippen MR) is 113 cm³/mol. The second-order valence-electron chi connectivity index (χ2n) is 7.46. The highest BCUT2D eigenvalue weighted by atomic mass is 32.1. The van der Waals surface area contributed by atoms with E-state index in [0.29, 0.717) is 17.8 Å². The fraction of sp³-hybridized carbons (Fsp3) is 0.429. The zero-order chi connectivity index (χ0) is 19.5. The fourth-order valence-corrected chi connectivity index (χ4v) is 4.55. The molecule has 2 aliphatic heterocycles. The minimum absolute atomic E-state index is 0.0435. The van der Waals surface area contributed by atoms with Crippen molar-refractivity contribution in [3.63, 3.8) is 0 Å². The summed E-state index contributed by atoms with van der Waals surface area (Å²) in [6.07, 6.45) is 1.57. The molecule has 28 heavy (non-hydrogen) atoms. The van der Waals surface area contributed by atoms with E-state index in [0.717, 1.165) is 38.3 Å². The van der Waals surface area contributed by atoms with Crippen LogP contribution in [0.2, 0.25) is 0 Å². The molecule has 1 unspecified atom stereocenters. The Morgan fingerprint density at radius 3 is 2.46 bits per heavy atom. The maximum absolute atomic E-state index is 12.8. The number of likely N-dealkylation sites (N-methyl/N-ethyl adjacent to an activating group) is 1. The van der Waals surface area contributed by atoms with Gasteiger partial charge in [-0.25, -0.2) is 0 Å². The molecule has 3 heterocycles. The van der Waals surface area contributed by atoms with Gasteiger partial charge in [-0.2, -0.15) is 0 Å². The van der Waals surface area contributed by atoms with Crippen molar-refractivity contribution in [1.29, 1.82) is 0 Å².